The highest BCUT2D eigenvalue weighted by Gasteiger charge is 2.25. The molecule has 2 N–H and O–H groups in total. The second kappa shape index (κ2) is 7.49. The number of ether oxygens (including phenoxy) is 2. The predicted molar refractivity (Wildman–Crippen MR) is 81.4 cm³/mol. The molecule has 0 aliphatic rings. The van der Waals surface area contributed by atoms with Gasteiger partial charge in [0.15, 0.2) is 0 Å². The molecular weight excluding hydrogens is 288 g/mol. The number of aliphatic carboxylic acids is 2. The fourth-order valence-corrected chi connectivity index (χ4v) is 2.36. The van der Waals surface area contributed by atoms with Crippen molar-refractivity contribution >= 4 is 17.5 Å². The van der Waals surface area contributed by atoms with Crippen molar-refractivity contribution in [2.75, 3.05) is 14.2 Å². The normalized spacial score (nSPS) is 10.0. The lowest BCUT2D eigenvalue weighted by atomic mass is 9.93. The van der Waals surface area contributed by atoms with Crippen LogP contribution >= 0.6 is 0 Å². The number of benzene rings is 1. The summed E-state index contributed by atoms with van der Waals surface area (Å²) in [5.74, 6) is -1.96. The second-order valence-corrected chi connectivity index (χ2v) is 4.54. The number of methoxy groups -OCH3 is 2. The summed E-state index contributed by atoms with van der Waals surface area (Å²) in [5, 5.41) is 18.4. The lowest BCUT2D eigenvalue weighted by molar-refractivity contribution is -0.140. The van der Waals surface area contributed by atoms with Crippen molar-refractivity contribution in [2.24, 2.45) is 0 Å². The molecule has 0 aliphatic carbocycles. The Hall–Kier alpha value is -2.50. The number of hydrogen-bond donors (Lipinski definition) is 2. The van der Waals surface area contributed by atoms with Crippen LogP contribution in [0.1, 0.15) is 31.4 Å². The molecule has 0 amide bonds. The van der Waals surface area contributed by atoms with Crippen LogP contribution in [0.25, 0.3) is 5.57 Å². The molecule has 0 saturated heterocycles. The van der Waals surface area contributed by atoms with Gasteiger partial charge in [0.1, 0.15) is 17.1 Å². The summed E-state index contributed by atoms with van der Waals surface area (Å²) in [6, 6.07) is 3.39. The predicted octanol–water partition coefficient (Wildman–Crippen LogP) is 2.60. The van der Waals surface area contributed by atoms with Crippen LogP contribution in [-0.4, -0.2) is 36.4 Å². The Labute approximate surface area is 129 Å². The Balaban J connectivity index is 3.80. The molecule has 0 saturated carbocycles. The van der Waals surface area contributed by atoms with Crippen LogP contribution in [0, 0.1) is 0 Å². The van der Waals surface area contributed by atoms with E-state index >= 15 is 0 Å². The smallest absolute Gasteiger partial charge is 0.343 e. The number of aryl methyl sites for hydroxylation is 1. The van der Waals surface area contributed by atoms with Gasteiger partial charge in [-0.1, -0.05) is 13.8 Å². The van der Waals surface area contributed by atoms with Crippen molar-refractivity contribution in [3.05, 3.63) is 28.8 Å². The van der Waals surface area contributed by atoms with Crippen molar-refractivity contribution in [3.8, 4) is 11.5 Å². The Morgan fingerprint density at radius 1 is 1.05 bits per heavy atom. The largest absolute Gasteiger partial charge is 0.497 e. The molecule has 1 rings (SSSR count). The van der Waals surface area contributed by atoms with Crippen LogP contribution in [0.2, 0.25) is 0 Å². The van der Waals surface area contributed by atoms with E-state index in [0.29, 0.717) is 23.5 Å². The fraction of sp³-hybridized carbons (Fsp3) is 0.375. The average Bonchev–Trinajstić information content (AvgIpc) is 2.49. The Bertz CT molecular complexity index is 599. The minimum atomic E-state index is -1.48. The monoisotopic (exact) mass is 308 g/mol. The van der Waals surface area contributed by atoms with Gasteiger partial charge >= 0.3 is 11.9 Å². The number of rotatable bonds is 7. The molecule has 0 heterocycles. The molecule has 0 fully saturated rings. The van der Waals surface area contributed by atoms with Crippen LogP contribution in [0.3, 0.4) is 0 Å². The van der Waals surface area contributed by atoms with E-state index in [9.17, 15) is 19.8 Å². The summed E-state index contributed by atoms with van der Waals surface area (Å²) in [5.41, 5.74) is 0.792. The summed E-state index contributed by atoms with van der Waals surface area (Å²) in [7, 11) is 2.97. The Morgan fingerprint density at radius 3 is 2.00 bits per heavy atom. The molecule has 0 unspecified atom stereocenters. The molecule has 0 aromatic heterocycles. The quantitative estimate of drug-likeness (QED) is 0.457. The van der Waals surface area contributed by atoms with Crippen molar-refractivity contribution in [1.82, 2.24) is 0 Å². The van der Waals surface area contributed by atoms with Gasteiger partial charge in [-0.2, -0.15) is 0 Å². The summed E-state index contributed by atoms with van der Waals surface area (Å²) in [4.78, 5) is 22.6. The second-order valence-electron chi connectivity index (χ2n) is 4.54. The molecule has 6 heteroatoms. The summed E-state index contributed by atoms with van der Waals surface area (Å²) in [6.07, 6.45) is 0.875. The van der Waals surface area contributed by atoms with Gasteiger partial charge in [-0.15, -0.1) is 0 Å². The first kappa shape index (κ1) is 17.6. The fourth-order valence-electron chi connectivity index (χ4n) is 2.36. The molecule has 1 aromatic carbocycles. The highest BCUT2D eigenvalue weighted by Crippen LogP contribution is 2.37. The zero-order valence-corrected chi connectivity index (χ0v) is 13.1. The molecule has 120 valence electrons. The molecule has 0 aliphatic heterocycles. The Morgan fingerprint density at radius 2 is 1.64 bits per heavy atom. The van der Waals surface area contributed by atoms with Crippen molar-refractivity contribution < 1.29 is 29.3 Å². The molecular formula is C16H20O6. The SMILES string of the molecule is CCC(=C(C(=O)O)C(=O)O)c1cc(OC)cc(CC)c1OC. The number of allylic oxidation sites excluding steroid dienone is 1. The van der Waals surface area contributed by atoms with Gasteiger partial charge in [0.2, 0.25) is 0 Å². The maximum absolute atomic E-state index is 11.3. The van der Waals surface area contributed by atoms with Crippen LogP contribution in [0.5, 0.6) is 11.5 Å². The average molecular weight is 308 g/mol. The summed E-state index contributed by atoms with van der Waals surface area (Å²) >= 11 is 0. The number of carboxylic acid groups (broad SMARTS) is 2. The van der Waals surface area contributed by atoms with E-state index in [4.69, 9.17) is 9.47 Å². The molecule has 22 heavy (non-hydrogen) atoms. The van der Waals surface area contributed by atoms with Crippen LogP contribution in [-0.2, 0) is 16.0 Å². The van der Waals surface area contributed by atoms with Gasteiger partial charge in [0, 0.05) is 5.56 Å². The summed E-state index contributed by atoms with van der Waals surface area (Å²) < 4.78 is 10.6. The van der Waals surface area contributed by atoms with Gasteiger partial charge in [-0.3, -0.25) is 0 Å². The van der Waals surface area contributed by atoms with Crippen molar-refractivity contribution in [2.45, 2.75) is 26.7 Å². The maximum Gasteiger partial charge on any atom is 0.343 e. The minimum absolute atomic E-state index is 0.199. The molecule has 0 radical (unpaired) electrons. The minimum Gasteiger partial charge on any atom is -0.497 e. The van der Waals surface area contributed by atoms with E-state index in [1.165, 1.54) is 14.2 Å². The highest BCUT2D eigenvalue weighted by atomic mass is 16.5. The third-order valence-electron chi connectivity index (χ3n) is 3.37. The van der Waals surface area contributed by atoms with Gasteiger partial charge in [-0.25, -0.2) is 9.59 Å². The molecule has 1 aromatic rings. The zero-order chi connectivity index (χ0) is 16.9. The molecule has 0 bridgehead atoms. The third kappa shape index (κ3) is 3.39. The van der Waals surface area contributed by atoms with Gasteiger partial charge in [-0.05, 0) is 36.1 Å². The van der Waals surface area contributed by atoms with Gasteiger partial charge < -0.3 is 19.7 Å². The van der Waals surface area contributed by atoms with Crippen LogP contribution in [0.4, 0.5) is 0 Å². The zero-order valence-electron chi connectivity index (χ0n) is 13.1. The van der Waals surface area contributed by atoms with E-state index in [2.05, 4.69) is 0 Å². The van der Waals surface area contributed by atoms with Gasteiger partial charge in [0.25, 0.3) is 0 Å². The third-order valence-corrected chi connectivity index (χ3v) is 3.37. The van der Waals surface area contributed by atoms with Crippen molar-refractivity contribution in [1.29, 1.82) is 0 Å². The number of carbonyl (C=O) groups is 2. The molecule has 0 atom stereocenters. The highest BCUT2D eigenvalue weighted by molar-refractivity contribution is 6.19. The first-order valence-corrected chi connectivity index (χ1v) is 6.86. The van der Waals surface area contributed by atoms with Crippen LogP contribution < -0.4 is 9.47 Å². The van der Waals surface area contributed by atoms with Crippen LogP contribution in [0.15, 0.2) is 17.7 Å². The Kier molecular flexibility index (Phi) is 5.98. The molecule has 6 nitrogen and oxygen atoms in total. The summed E-state index contributed by atoms with van der Waals surface area (Å²) in [6.45, 7) is 3.62. The van der Waals surface area contributed by atoms with E-state index in [0.717, 1.165) is 5.56 Å². The topological polar surface area (TPSA) is 93.1 Å². The molecule has 0 spiro atoms. The number of carboxylic acids is 2. The first-order chi connectivity index (χ1) is 10.4. The lowest BCUT2D eigenvalue weighted by Crippen LogP contribution is -2.14. The van der Waals surface area contributed by atoms with E-state index in [1.54, 1.807) is 19.1 Å². The lowest BCUT2D eigenvalue weighted by Gasteiger charge is -2.17. The van der Waals surface area contributed by atoms with E-state index < -0.39 is 17.5 Å². The standard InChI is InChI=1S/C16H20O6/c1-5-9-7-10(21-3)8-12(14(9)22-4)11(6-2)13(15(17)18)16(19)20/h7-8H,5-6H2,1-4H3,(H,17,18)(H,19,20). The number of hydrogen-bond acceptors (Lipinski definition) is 4. The van der Waals surface area contributed by atoms with Crippen molar-refractivity contribution in [3.63, 3.8) is 0 Å². The van der Waals surface area contributed by atoms with E-state index in [1.807, 2.05) is 6.92 Å². The van der Waals surface area contributed by atoms with E-state index in [-0.39, 0.29) is 12.0 Å². The van der Waals surface area contributed by atoms with Gasteiger partial charge in [0.05, 0.1) is 14.2 Å². The maximum atomic E-state index is 11.3. The first-order valence-electron chi connectivity index (χ1n) is 6.86.